The molecular formula is C8H12N2. The molecule has 10 heavy (non-hydrogen) atoms. The quantitative estimate of drug-likeness (QED) is 0.553. The van der Waals surface area contributed by atoms with Gasteiger partial charge in [-0.3, -0.25) is 0 Å². The molecule has 2 heterocycles. The minimum Gasteiger partial charge on any atom is -0.367 e. The average Bonchev–Trinajstić information content (AvgIpc) is 2.36. The predicted molar refractivity (Wildman–Crippen MR) is 40.7 cm³/mol. The number of H-pyrrole nitrogens is 1. The molecule has 2 rings (SSSR count). The third-order valence-corrected chi connectivity index (χ3v) is 2.23. The van der Waals surface area contributed by atoms with E-state index >= 15 is 0 Å². The molecule has 0 aliphatic carbocycles. The highest BCUT2D eigenvalue weighted by atomic mass is 15.0. The molecule has 2 nitrogen and oxygen atoms in total. The number of nitrogens with one attached hydrogen (secondary N) is 2. The van der Waals surface area contributed by atoms with Crippen molar-refractivity contribution in [3.05, 3.63) is 23.5 Å². The molecule has 0 bridgehead atoms. The molecule has 1 aliphatic rings. The Hall–Kier alpha value is -0.760. The number of aromatic amines is 1. The monoisotopic (exact) mass is 136 g/mol. The van der Waals surface area contributed by atoms with Crippen LogP contribution in [0.25, 0.3) is 0 Å². The molecule has 1 aromatic rings. The van der Waals surface area contributed by atoms with Crippen molar-refractivity contribution in [2.24, 2.45) is 0 Å². The highest BCUT2D eigenvalue weighted by Crippen LogP contribution is 2.29. The molecule has 1 aromatic heterocycles. The second-order valence-electron chi connectivity index (χ2n) is 3.37. The maximum absolute atomic E-state index is 3.42. The van der Waals surface area contributed by atoms with Crippen molar-refractivity contribution < 1.29 is 0 Å². The van der Waals surface area contributed by atoms with Gasteiger partial charge in [0.1, 0.15) is 0 Å². The minimum absolute atomic E-state index is 0.176. The van der Waals surface area contributed by atoms with Crippen molar-refractivity contribution in [2.45, 2.75) is 25.9 Å². The molecule has 2 heteroatoms. The van der Waals surface area contributed by atoms with Crippen LogP contribution in [0.4, 0.5) is 0 Å². The molecule has 1 aliphatic heterocycles. The maximum atomic E-state index is 3.42. The molecule has 0 fully saturated rings. The number of aromatic nitrogens is 1. The van der Waals surface area contributed by atoms with Crippen molar-refractivity contribution in [2.75, 3.05) is 0 Å². The summed E-state index contributed by atoms with van der Waals surface area (Å²) in [5.41, 5.74) is 2.99. The Bertz CT molecular complexity index is 248. The van der Waals surface area contributed by atoms with Crippen LogP contribution in [0.5, 0.6) is 0 Å². The number of fused-ring (bicyclic) bond motifs is 1. The van der Waals surface area contributed by atoms with Crippen LogP contribution >= 0.6 is 0 Å². The first-order valence-electron chi connectivity index (χ1n) is 3.61. The molecule has 0 atom stereocenters. The lowest BCUT2D eigenvalue weighted by atomic mass is 9.99. The first-order chi connectivity index (χ1) is 4.70. The van der Waals surface area contributed by atoms with Gasteiger partial charge in [0.2, 0.25) is 0 Å². The van der Waals surface area contributed by atoms with Gasteiger partial charge in [-0.1, -0.05) is 0 Å². The van der Waals surface area contributed by atoms with Crippen molar-refractivity contribution >= 4 is 0 Å². The van der Waals surface area contributed by atoms with Crippen LogP contribution in [0, 0.1) is 0 Å². The van der Waals surface area contributed by atoms with E-state index in [0.717, 1.165) is 6.54 Å². The highest BCUT2D eigenvalue weighted by molar-refractivity contribution is 5.34. The van der Waals surface area contributed by atoms with Crippen LogP contribution in [0.3, 0.4) is 0 Å². The highest BCUT2D eigenvalue weighted by Gasteiger charge is 2.29. The lowest BCUT2D eigenvalue weighted by Crippen LogP contribution is -2.28. The summed E-state index contributed by atoms with van der Waals surface area (Å²) in [5.74, 6) is 0. The molecular weight excluding hydrogens is 124 g/mol. The zero-order valence-electron chi connectivity index (χ0n) is 6.36. The fourth-order valence-corrected chi connectivity index (χ4v) is 1.54. The predicted octanol–water partition coefficient (Wildman–Crippen LogP) is 1.35. The summed E-state index contributed by atoms with van der Waals surface area (Å²) in [6.45, 7) is 5.41. The van der Waals surface area contributed by atoms with E-state index in [-0.39, 0.29) is 5.54 Å². The Morgan fingerprint density at radius 1 is 1.40 bits per heavy atom. The first-order valence-corrected chi connectivity index (χ1v) is 3.61. The van der Waals surface area contributed by atoms with E-state index in [0.29, 0.717) is 0 Å². The van der Waals surface area contributed by atoms with Crippen molar-refractivity contribution in [1.82, 2.24) is 10.3 Å². The molecule has 54 valence electrons. The summed E-state index contributed by atoms with van der Waals surface area (Å²) in [5, 5.41) is 3.42. The lowest BCUT2D eigenvalue weighted by Gasteiger charge is -2.17. The van der Waals surface area contributed by atoms with Crippen LogP contribution in [-0.4, -0.2) is 4.98 Å². The van der Waals surface area contributed by atoms with Crippen molar-refractivity contribution in [1.29, 1.82) is 0 Å². The van der Waals surface area contributed by atoms with Crippen LogP contribution < -0.4 is 5.32 Å². The molecule has 0 unspecified atom stereocenters. The fraction of sp³-hybridized carbons (Fsp3) is 0.500. The van der Waals surface area contributed by atoms with Crippen LogP contribution in [-0.2, 0) is 12.1 Å². The normalized spacial score (nSPS) is 21.0. The third kappa shape index (κ3) is 0.625. The third-order valence-electron chi connectivity index (χ3n) is 2.23. The van der Waals surface area contributed by atoms with E-state index in [1.807, 2.05) is 0 Å². The van der Waals surface area contributed by atoms with Gasteiger partial charge in [-0.25, -0.2) is 0 Å². The van der Waals surface area contributed by atoms with Crippen LogP contribution in [0.2, 0.25) is 0 Å². The van der Waals surface area contributed by atoms with Crippen LogP contribution in [0.15, 0.2) is 12.4 Å². The number of hydrogen-bond acceptors (Lipinski definition) is 1. The minimum atomic E-state index is 0.176. The van der Waals surface area contributed by atoms with Crippen molar-refractivity contribution in [3.63, 3.8) is 0 Å². The maximum Gasteiger partial charge on any atom is 0.0398 e. The Balaban J connectivity index is 2.54. The molecule has 0 radical (unpaired) electrons. The number of rotatable bonds is 0. The van der Waals surface area contributed by atoms with Gasteiger partial charge in [-0.05, 0) is 25.0 Å². The van der Waals surface area contributed by atoms with Crippen molar-refractivity contribution in [3.8, 4) is 0 Å². The van der Waals surface area contributed by atoms with Gasteiger partial charge in [0, 0.05) is 24.5 Å². The molecule has 0 amide bonds. The van der Waals surface area contributed by atoms with Gasteiger partial charge in [0.15, 0.2) is 0 Å². The summed E-state index contributed by atoms with van der Waals surface area (Å²) >= 11 is 0. The van der Waals surface area contributed by atoms with E-state index in [1.54, 1.807) is 0 Å². The second kappa shape index (κ2) is 1.64. The van der Waals surface area contributed by atoms with E-state index in [2.05, 4.69) is 36.5 Å². The van der Waals surface area contributed by atoms with E-state index in [4.69, 9.17) is 0 Å². The van der Waals surface area contributed by atoms with Gasteiger partial charge in [0.05, 0.1) is 0 Å². The first kappa shape index (κ1) is 5.98. The lowest BCUT2D eigenvalue weighted by molar-refractivity contribution is 0.441. The summed E-state index contributed by atoms with van der Waals surface area (Å²) < 4.78 is 0. The van der Waals surface area contributed by atoms with Gasteiger partial charge in [-0.15, -0.1) is 0 Å². The zero-order chi connectivity index (χ0) is 7.19. The van der Waals surface area contributed by atoms with E-state index in [1.165, 1.54) is 11.1 Å². The molecule has 0 spiro atoms. The standard InChI is InChI=1S/C8H12N2/c1-8(2)7-5-9-3-6(7)4-10-8/h3,5,9-10H,4H2,1-2H3. The fourth-order valence-electron chi connectivity index (χ4n) is 1.54. The SMILES string of the molecule is CC1(C)NCc2c[nH]cc21. The summed E-state index contributed by atoms with van der Waals surface area (Å²) in [6.07, 6.45) is 4.15. The summed E-state index contributed by atoms with van der Waals surface area (Å²) in [4.78, 5) is 3.12. The Morgan fingerprint density at radius 2 is 2.20 bits per heavy atom. The molecule has 0 aromatic carbocycles. The summed E-state index contributed by atoms with van der Waals surface area (Å²) in [7, 11) is 0. The Labute approximate surface area is 60.6 Å². The number of hydrogen-bond donors (Lipinski definition) is 2. The van der Waals surface area contributed by atoms with Gasteiger partial charge in [0.25, 0.3) is 0 Å². The van der Waals surface area contributed by atoms with Gasteiger partial charge < -0.3 is 10.3 Å². The average molecular weight is 136 g/mol. The van der Waals surface area contributed by atoms with Gasteiger partial charge >= 0.3 is 0 Å². The topological polar surface area (TPSA) is 27.8 Å². The zero-order valence-corrected chi connectivity index (χ0v) is 6.36. The molecule has 0 saturated carbocycles. The van der Waals surface area contributed by atoms with E-state index < -0.39 is 0 Å². The second-order valence-corrected chi connectivity index (χ2v) is 3.37. The summed E-state index contributed by atoms with van der Waals surface area (Å²) in [6, 6.07) is 0. The smallest absolute Gasteiger partial charge is 0.0398 e. The molecule has 0 saturated heterocycles. The van der Waals surface area contributed by atoms with Crippen LogP contribution in [0.1, 0.15) is 25.0 Å². The largest absolute Gasteiger partial charge is 0.367 e. The van der Waals surface area contributed by atoms with E-state index in [9.17, 15) is 0 Å². The molecule has 2 N–H and O–H groups in total. The Morgan fingerprint density at radius 3 is 2.90 bits per heavy atom. The Kier molecular flexibility index (Phi) is 0.980. The van der Waals surface area contributed by atoms with Gasteiger partial charge in [-0.2, -0.15) is 0 Å².